The molecular weight excluding hydrogens is 573 g/mol. The molecule has 10 rings (SSSR count). The number of nitrogens with zero attached hydrogens (tertiary/aromatic N) is 4. The Morgan fingerprint density at radius 1 is 0.533 bits per heavy atom. The van der Waals surface area contributed by atoms with Crippen molar-refractivity contribution in [3.63, 3.8) is 0 Å². The zero-order chi connectivity index (χ0) is 29.6. The van der Waals surface area contributed by atoms with Crippen LogP contribution in [-0.4, -0.2) is 19.1 Å². The highest BCUT2D eigenvalue weighted by molar-refractivity contribution is 7.27. The maximum absolute atomic E-state index is 14.1. The van der Waals surface area contributed by atoms with Crippen LogP contribution in [0.4, 0.5) is 0 Å². The molecule has 0 saturated heterocycles. The average molecular weight is 595 g/mol. The Morgan fingerprint density at radius 2 is 1.13 bits per heavy atom. The summed E-state index contributed by atoms with van der Waals surface area (Å²) in [4.78, 5) is 24.2. The van der Waals surface area contributed by atoms with Gasteiger partial charge in [-0.15, -0.1) is 11.3 Å². The summed E-state index contributed by atoms with van der Waals surface area (Å²) < 4.78 is 6.41. The number of pyridine rings is 1. The first-order valence-corrected chi connectivity index (χ1v) is 15.7. The Morgan fingerprint density at radius 3 is 1.91 bits per heavy atom. The second-order valence-corrected chi connectivity index (χ2v) is 12.4. The Bertz CT molecular complexity index is 2900. The van der Waals surface area contributed by atoms with Crippen LogP contribution in [0.15, 0.2) is 138 Å². The summed E-state index contributed by atoms with van der Waals surface area (Å²) in [5.74, 6) is 0.546. The highest BCUT2D eigenvalue weighted by Gasteiger charge is 2.23. The fraction of sp³-hybridized carbons (Fsp3) is 0. The molecule has 5 nitrogen and oxygen atoms in total. The first-order chi connectivity index (χ1) is 22.3. The van der Waals surface area contributed by atoms with Gasteiger partial charge < -0.3 is 0 Å². The summed E-state index contributed by atoms with van der Waals surface area (Å²) in [5, 5.41) is 8.67. The zero-order valence-electron chi connectivity index (χ0n) is 23.8. The maximum Gasteiger partial charge on any atom is 0.266 e. The van der Waals surface area contributed by atoms with Gasteiger partial charge in [0.1, 0.15) is 0 Å². The molecule has 0 unspecified atom stereocenters. The van der Waals surface area contributed by atoms with Crippen molar-refractivity contribution < 1.29 is 0 Å². The molecule has 0 aliphatic heterocycles. The molecule has 0 radical (unpaired) electrons. The average Bonchev–Trinajstić information content (AvgIpc) is 3.66. The molecule has 6 heteroatoms. The smallest absolute Gasteiger partial charge is 0.266 e. The van der Waals surface area contributed by atoms with Gasteiger partial charge in [0.25, 0.3) is 5.56 Å². The largest absolute Gasteiger partial charge is 0.276 e. The highest BCUT2D eigenvalue weighted by atomic mass is 32.1. The second kappa shape index (κ2) is 9.08. The van der Waals surface area contributed by atoms with Crippen LogP contribution in [0.25, 0.3) is 86.2 Å². The molecule has 0 amide bonds. The van der Waals surface area contributed by atoms with Crippen LogP contribution < -0.4 is 5.56 Å². The third-order valence-electron chi connectivity index (χ3n) is 8.98. The summed E-state index contributed by atoms with van der Waals surface area (Å²) in [6.07, 6.45) is 1.70. The first-order valence-electron chi connectivity index (χ1n) is 14.9. The molecule has 4 aromatic heterocycles. The van der Waals surface area contributed by atoms with Crippen molar-refractivity contribution in [2.24, 2.45) is 0 Å². The SMILES string of the molecule is O=c1c2cnc(-n3c4ccccc4c4c5ccccc5c5c6ccccc6sc5c43)nc2c2ccccc2n1-c1ccccc1. The molecule has 0 fully saturated rings. The van der Waals surface area contributed by atoms with Gasteiger partial charge in [-0.05, 0) is 41.1 Å². The van der Waals surface area contributed by atoms with E-state index < -0.39 is 0 Å². The summed E-state index contributed by atoms with van der Waals surface area (Å²) in [7, 11) is 0. The third kappa shape index (κ3) is 3.29. The summed E-state index contributed by atoms with van der Waals surface area (Å²) >= 11 is 1.81. The monoisotopic (exact) mass is 594 g/mol. The van der Waals surface area contributed by atoms with Gasteiger partial charge in [0.2, 0.25) is 5.95 Å². The van der Waals surface area contributed by atoms with Gasteiger partial charge in [0, 0.05) is 43.5 Å². The van der Waals surface area contributed by atoms with Crippen molar-refractivity contribution in [2.75, 3.05) is 0 Å². The van der Waals surface area contributed by atoms with Crippen LogP contribution in [0.2, 0.25) is 0 Å². The predicted octanol–water partition coefficient (Wildman–Crippen LogP) is 9.55. The summed E-state index contributed by atoms with van der Waals surface area (Å²) in [5.41, 5.74) is 4.25. The van der Waals surface area contributed by atoms with E-state index in [0.29, 0.717) is 16.9 Å². The minimum atomic E-state index is -0.137. The molecule has 0 N–H and O–H groups in total. The number of benzene rings is 6. The minimum absolute atomic E-state index is 0.137. The first kappa shape index (κ1) is 24.6. The molecule has 0 aliphatic carbocycles. The molecular formula is C39H22N4OS. The van der Waals surface area contributed by atoms with Gasteiger partial charge >= 0.3 is 0 Å². The van der Waals surface area contributed by atoms with Gasteiger partial charge in [-0.3, -0.25) is 13.9 Å². The van der Waals surface area contributed by atoms with Crippen LogP contribution in [0.5, 0.6) is 0 Å². The number of rotatable bonds is 2. The van der Waals surface area contributed by atoms with E-state index in [4.69, 9.17) is 9.97 Å². The fourth-order valence-electron chi connectivity index (χ4n) is 7.11. The second-order valence-electron chi connectivity index (χ2n) is 11.3. The van der Waals surface area contributed by atoms with Gasteiger partial charge in [-0.25, -0.2) is 9.97 Å². The van der Waals surface area contributed by atoms with Crippen LogP contribution in [0, 0.1) is 0 Å². The van der Waals surface area contributed by atoms with E-state index in [2.05, 4.69) is 77.4 Å². The van der Waals surface area contributed by atoms with Gasteiger partial charge in [-0.2, -0.15) is 0 Å². The Balaban J connectivity index is 1.39. The predicted molar refractivity (Wildman–Crippen MR) is 187 cm³/mol. The number of fused-ring (bicyclic) bond motifs is 13. The maximum atomic E-state index is 14.1. The molecule has 0 spiro atoms. The van der Waals surface area contributed by atoms with Crippen molar-refractivity contribution in [3.05, 3.63) is 144 Å². The van der Waals surface area contributed by atoms with E-state index >= 15 is 0 Å². The Labute approximate surface area is 259 Å². The van der Waals surface area contributed by atoms with Crippen molar-refractivity contribution >= 4 is 85.9 Å². The Kier molecular flexibility index (Phi) is 4.96. The lowest BCUT2D eigenvalue weighted by Gasteiger charge is -2.14. The molecule has 45 heavy (non-hydrogen) atoms. The minimum Gasteiger partial charge on any atom is -0.276 e. The van der Waals surface area contributed by atoms with E-state index in [1.54, 1.807) is 10.8 Å². The van der Waals surface area contributed by atoms with E-state index in [1.165, 1.54) is 36.3 Å². The van der Waals surface area contributed by atoms with Crippen molar-refractivity contribution in [1.29, 1.82) is 0 Å². The highest BCUT2D eigenvalue weighted by Crippen LogP contribution is 2.47. The molecule has 4 heterocycles. The number of thiophene rings is 1. The Hall–Kier alpha value is -5.85. The molecule has 0 atom stereocenters. The van der Waals surface area contributed by atoms with Gasteiger partial charge in [0.05, 0.1) is 32.2 Å². The lowest BCUT2D eigenvalue weighted by molar-refractivity contribution is 1.00. The standard InChI is InChI=1S/C39H22N4OS/c44-38-29-22-40-39(41-35(29)27-17-7-10-20-31(27)42(38)23-12-2-1-3-13-23)43-30-19-9-6-16-26(30)33-24-14-4-5-15-25(24)34-28-18-8-11-21-32(28)45-37(34)36(33)43/h1-22H. The normalized spacial score (nSPS) is 12.1. The lowest BCUT2D eigenvalue weighted by Crippen LogP contribution is -2.20. The van der Waals surface area contributed by atoms with E-state index in [-0.39, 0.29) is 5.56 Å². The fourth-order valence-corrected chi connectivity index (χ4v) is 8.37. The summed E-state index contributed by atoms with van der Waals surface area (Å²) in [6.45, 7) is 0. The number of hydrogen-bond acceptors (Lipinski definition) is 4. The lowest BCUT2D eigenvalue weighted by atomic mass is 9.99. The summed E-state index contributed by atoms with van der Waals surface area (Å²) in [6, 6.07) is 43.6. The molecule has 210 valence electrons. The van der Waals surface area contributed by atoms with E-state index in [9.17, 15) is 4.79 Å². The quantitative estimate of drug-likeness (QED) is 0.187. The van der Waals surface area contributed by atoms with Crippen LogP contribution in [-0.2, 0) is 0 Å². The molecule has 10 aromatic rings. The van der Waals surface area contributed by atoms with Crippen molar-refractivity contribution in [3.8, 4) is 11.6 Å². The van der Waals surface area contributed by atoms with Gasteiger partial charge in [-0.1, -0.05) is 97.1 Å². The van der Waals surface area contributed by atoms with Crippen LogP contribution >= 0.6 is 11.3 Å². The molecule has 0 bridgehead atoms. The van der Waals surface area contributed by atoms with Gasteiger partial charge in [0.15, 0.2) is 0 Å². The number of hydrogen-bond donors (Lipinski definition) is 0. The topological polar surface area (TPSA) is 52.7 Å². The molecule has 0 aliphatic rings. The molecule has 6 aromatic carbocycles. The van der Waals surface area contributed by atoms with Crippen LogP contribution in [0.3, 0.4) is 0 Å². The van der Waals surface area contributed by atoms with Crippen molar-refractivity contribution in [1.82, 2.24) is 19.1 Å². The van der Waals surface area contributed by atoms with Crippen molar-refractivity contribution in [2.45, 2.75) is 0 Å². The number of aromatic nitrogens is 4. The van der Waals surface area contributed by atoms with E-state index in [1.807, 2.05) is 65.9 Å². The van der Waals surface area contributed by atoms with E-state index in [0.717, 1.165) is 33.0 Å². The molecule has 0 saturated carbocycles. The zero-order valence-corrected chi connectivity index (χ0v) is 24.6. The van der Waals surface area contributed by atoms with Crippen LogP contribution in [0.1, 0.15) is 0 Å². The third-order valence-corrected chi connectivity index (χ3v) is 10.2. The number of para-hydroxylation sites is 3.